The summed E-state index contributed by atoms with van der Waals surface area (Å²) >= 11 is 0. The third-order valence-electron chi connectivity index (χ3n) is 1.98. The lowest BCUT2D eigenvalue weighted by atomic mass is 10.1. The first-order valence-electron chi connectivity index (χ1n) is 5.43. The van der Waals surface area contributed by atoms with E-state index in [2.05, 4.69) is 16.5 Å². The van der Waals surface area contributed by atoms with E-state index in [0.29, 0.717) is 0 Å². The van der Waals surface area contributed by atoms with Crippen LogP contribution in [0.5, 0.6) is 0 Å². The molecule has 0 aliphatic rings. The Morgan fingerprint density at radius 3 is 2.07 bits per heavy atom. The smallest absolute Gasteiger partial charge is 0.301 e. The number of hydrogen-bond acceptors (Lipinski definition) is 3. The zero-order chi connectivity index (χ0) is 11.6. The summed E-state index contributed by atoms with van der Waals surface area (Å²) in [4.78, 5) is 20.9. The lowest BCUT2D eigenvalue weighted by molar-refractivity contribution is -0.222. The molecule has 0 heterocycles. The second-order valence-electron chi connectivity index (χ2n) is 3.51. The van der Waals surface area contributed by atoms with Crippen LogP contribution in [0, 0.1) is 0 Å². The van der Waals surface area contributed by atoms with Gasteiger partial charge in [-0.05, 0) is 6.42 Å². The van der Waals surface area contributed by atoms with Gasteiger partial charge in [-0.1, -0.05) is 45.4 Å². The Labute approximate surface area is 91.0 Å². The molecule has 0 aromatic carbocycles. The van der Waals surface area contributed by atoms with Crippen molar-refractivity contribution in [2.45, 2.75) is 51.9 Å². The second kappa shape index (κ2) is 9.31. The first kappa shape index (κ1) is 15.1. The minimum absolute atomic E-state index is 0.235. The summed E-state index contributed by atoms with van der Waals surface area (Å²) in [6.45, 7) is 2.41. The maximum absolute atomic E-state index is 10.2. The zero-order valence-electron chi connectivity index (χ0n) is 9.22. The molecule has 0 bridgehead atoms. The third-order valence-corrected chi connectivity index (χ3v) is 2.28. The molecular formula is C9H21O5P. The minimum Gasteiger partial charge on any atom is -0.301 e. The second-order valence-corrected chi connectivity index (χ2v) is 4.64. The van der Waals surface area contributed by atoms with E-state index in [1.807, 2.05) is 0 Å². The molecule has 0 aliphatic heterocycles. The van der Waals surface area contributed by atoms with Gasteiger partial charge in [0, 0.05) is 0 Å². The number of phosphoric acid groups is 1. The van der Waals surface area contributed by atoms with E-state index in [1.165, 1.54) is 25.7 Å². The molecule has 0 fully saturated rings. The highest BCUT2D eigenvalue weighted by molar-refractivity contribution is 7.46. The van der Waals surface area contributed by atoms with Crippen LogP contribution < -0.4 is 0 Å². The molecule has 0 radical (unpaired) electrons. The van der Waals surface area contributed by atoms with Crippen molar-refractivity contribution in [3.8, 4) is 0 Å². The van der Waals surface area contributed by atoms with Crippen LogP contribution in [0.25, 0.3) is 0 Å². The van der Waals surface area contributed by atoms with Crippen LogP contribution in [0.15, 0.2) is 0 Å². The van der Waals surface area contributed by atoms with Gasteiger partial charge < -0.3 is 9.79 Å². The molecule has 0 aromatic heterocycles. The quantitative estimate of drug-likeness (QED) is 0.266. The fourth-order valence-corrected chi connectivity index (χ4v) is 1.44. The SMILES string of the molecule is CCCCCCCCCOOP(=O)(O)O. The molecule has 92 valence electrons. The van der Waals surface area contributed by atoms with Gasteiger partial charge in [-0.15, -0.1) is 4.67 Å². The molecule has 15 heavy (non-hydrogen) atoms. The average molecular weight is 240 g/mol. The molecule has 0 unspecified atom stereocenters. The molecule has 0 spiro atoms. The summed E-state index contributed by atoms with van der Waals surface area (Å²) in [5.74, 6) is 0. The summed E-state index contributed by atoms with van der Waals surface area (Å²) in [5.41, 5.74) is 0. The van der Waals surface area contributed by atoms with E-state index in [-0.39, 0.29) is 6.61 Å². The van der Waals surface area contributed by atoms with Crippen LogP contribution in [0.1, 0.15) is 51.9 Å². The van der Waals surface area contributed by atoms with Crippen molar-refractivity contribution in [3.05, 3.63) is 0 Å². The van der Waals surface area contributed by atoms with E-state index >= 15 is 0 Å². The Morgan fingerprint density at radius 1 is 1.00 bits per heavy atom. The van der Waals surface area contributed by atoms with E-state index in [0.717, 1.165) is 19.3 Å². The molecule has 0 saturated carbocycles. The summed E-state index contributed by atoms with van der Waals surface area (Å²) < 4.78 is 14.0. The van der Waals surface area contributed by atoms with Gasteiger partial charge in [0.05, 0.1) is 6.61 Å². The van der Waals surface area contributed by atoms with Gasteiger partial charge in [-0.25, -0.2) is 9.45 Å². The fourth-order valence-electron chi connectivity index (χ4n) is 1.22. The fraction of sp³-hybridized carbons (Fsp3) is 1.00. The van der Waals surface area contributed by atoms with Gasteiger partial charge in [0.15, 0.2) is 0 Å². The van der Waals surface area contributed by atoms with E-state index < -0.39 is 7.82 Å². The van der Waals surface area contributed by atoms with Gasteiger partial charge in [-0.3, -0.25) is 0 Å². The molecule has 0 atom stereocenters. The van der Waals surface area contributed by atoms with Crippen molar-refractivity contribution in [1.29, 1.82) is 0 Å². The standard InChI is InChI=1S/C9H21O5P/c1-2-3-4-5-6-7-8-9-13-14-15(10,11)12/h2-9H2,1H3,(H2,10,11,12). The van der Waals surface area contributed by atoms with Gasteiger partial charge >= 0.3 is 7.82 Å². The minimum atomic E-state index is -4.46. The highest BCUT2D eigenvalue weighted by Gasteiger charge is 2.14. The van der Waals surface area contributed by atoms with E-state index in [1.54, 1.807) is 0 Å². The Hall–Kier alpha value is 0.0700. The molecule has 0 aromatic rings. The summed E-state index contributed by atoms with van der Waals surface area (Å²) in [6, 6.07) is 0. The van der Waals surface area contributed by atoms with Crippen LogP contribution in [0.4, 0.5) is 0 Å². The van der Waals surface area contributed by atoms with Gasteiger partial charge in [-0.2, -0.15) is 0 Å². The van der Waals surface area contributed by atoms with Crippen molar-refractivity contribution in [3.63, 3.8) is 0 Å². The van der Waals surface area contributed by atoms with Crippen molar-refractivity contribution >= 4 is 7.82 Å². The Bertz CT molecular complexity index is 179. The number of rotatable bonds is 10. The molecule has 0 amide bonds. The predicted molar refractivity (Wildman–Crippen MR) is 57.1 cm³/mol. The first-order valence-corrected chi connectivity index (χ1v) is 6.96. The Kier molecular flexibility index (Phi) is 9.35. The van der Waals surface area contributed by atoms with Crippen molar-refractivity contribution in [2.75, 3.05) is 6.61 Å². The van der Waals surface area contributed by atoms with Gasteiger partial charge in [0.1, 0.15) is 0 Å². The number of unbranched alkanes of at least 4 members (excludes halogenated alkanes) is 6. The average Bonchev–Trinajstić information content (AvgIpc) is 2.14. The first-order chi connectivity index (χ1) is 7.06. The summed E-state index contributed by atoms with van der Waals surface area (Å²) in [7, 11) is -4.46. The van der Waals surface area contributed by atoms with Crippen molar-refractivity contribution in [1.82, 2.24) is 0 Å². The van der Waals surface area contributed by atoms with Crippen LogP contribution in [-0.4, -0.2) is 16.4 Å². The van der Waals surface area contributed by atoms with Gasteiger partial charge in [0.2, 0.25) is 0 Å². The maximum Gasteiger partial charge on any atom is 0.496 e. The van der Waals surface area contributed by atoms with E-state index in [4.69, 9.17) is 9.79 Å². The lowest BCUT2D eigenvalue weighted by Crippen LogP contribution is -1.95. The summed E-state index contributed by atoms with van der Waals surface area (Å²) in [6.07, 6.45) is 7.90. The van der Waals surface area contributed by atoms with Crippen molar-refractivity contribution in [2.24, 2.45) is 0 Å². The highest BCUT2D eigenvalue weighted by atomic mass is 31.2. The summed E-state index contributed by atoms with van der Waals surface area (Å²) in [5, 5.41) is 0. The molecule has 0 saturated heterocycles. The molecule has 0 rings (SSSR count). The normalized spacial score (nSPS) is 11.9. The third kappa shape index (κ3) is 14.1. The topological polar surface area (TPSA) is 76.0 Å². The Morgan fingerprint density at radius 2 is 1.53 bits per heavy atom. The van der Waals surface area contributed by atoms with Crippen molar-refractivity contribution < 1.29 is 23.9 Å². The molecule has 6 heteroatoms. The van der Waals surface area contributed by atoms with Gasteiger partial charge in [0.25, 0.3) is 0 Å². The van der Waals surface area contributed by atoms with Crippen LogP contribution in [0.2, 0.25) is 0 Å². The highest BCUT2D eigenvalue weighted by Crippen LogP contribution is 2.35. The molecule has 5 nitrogen and oxygen atoms in total. The Balaban J connectivity index is 3.02. The largest absolute Gasteiger partial charge is 0.496 e. The molecular weight excluding hydrogens is 219 g/mol. The number of hydrogen-bond donors (Lipinski definition) is 2. The maximum atomic E-state index is 10.2. The predicted octanol–water partition coefficient (Wildman–Crippen LogP) is 2.78. The molecule has 0 aliphatic carbocycles. The van der Waals surface area contributed by atoms with E-state index in [9.17, 15) is 4.57 Å². The molecule has 2 N–H and O–H groups in total. The zero-order valence-corrected chi connectivity index (χ0v) is 10.1. The van der Waals surface area contributed by atoms with Crippen LogP contribution >= 0.6 is 7.82 Å². The van der Waals surface area contributed by atoms with Crippen LogP contribution in [0.3, 0.4) is 0 Å². The monoisotopic (exact) mass is 240 g/mol. The van der Waals surface area contributed by atoms with Crippen LogP contribution in [-0.2, 0) is 14.1 Å². The lowest BCUT2D eigenvalue weighted by Gasteiger charge is -2.04.